The highest BCUT2D eigenvalue weighted by Crippen LogP contribution is 2.29. The Balaban J connectivity index is 1.66. The van der Waals surface area contributed by atoms with E-state index in [1.165, 1.54) is 6.07 Å². The van der Waals surface area contributed by atoms with Crippen molar-refractivity contribution < 1.29 is 13.6 Å². The highest BCUT2D eigenvalue weighted by Gasteiger charge is 2.10. The van der Waals surface area contributed by atoms with Gasteiger partial charge in [-0.25, -0.2) is 4.39 Å². The highest BCUT2D eigenvalue weighted by atomic mass is 19.1. The first-order valence-corrected chi connectivity index (χ1v) is 8.34. The molecule has 0 amide bonds. The maximum atomic E-state index is 14.3. The third kappa shape index (κ3) is 3.22. The van der Waals surface area contributed by atoms with E-state index in [1.54, 1.807) is 12.1 Å². The number of fused-ring (bicyclic) bond motifs is 1. The van der Waals surface area contributed by atoms with Gasteiger partial charge in [-0.1, -0.05) is 42.2 Å². The summed E-state index contributed by atoms with van der Waals surface area (Å²) in [6.45, 7) is 0. The molecule has 0 bridgehead atoms. The SMILES string of the molecule is O=Cc1ccc(-c2ccc3oc(CC4=CCC#CC=C4)cc3c2)c(F)c1. The Morgan fingerprint density at radius 3 is 2.92 bits per heavy atom. The van der Waals surface area contributed by atoms with E-state index in [9.17, 15) is 9.18 Å². The zero-order chi connectivity index (χ0) is 17.9. The maximum Gasteiger partial charge on any atom is 0.150 e. The fourth-order valence-corrected chi connectivity index (χ4v) is 3.04. The first kappa shape index (κ1) is 16.1. The number of carbonyl (C=O) groups excluding carboxylic acids is 1. The number of rotatable bonds is 4. The molecule has 0 aliphatic heterocycles. The van der Waals surface area contributed by atoms with Crippen molar-refractivity contribution in [2.45, 2.75) is 12.8 Å². The van der Waals surface area contributed by atoms with Crippen LogP contribution in [0, 0.1) is 17.7 Å². The van der Waals surface area contributed by atoms with Gasteiger partial charge < -0.3 is 4.42 Å². The third-order valence-electron chi connectivity index (χ3n) is 4.34. The molecule has 0 saturated carbocycles. The van der Waals surface area contributed by atoms with Gasteiger partial charge in [-0.2, -0.15) is 0 Å². The van der Waals surface area contributed by atoms with Crippen LogP contribution >= 0.6 is 0 Å². The molecular formula is C23H15FO2. The number of carbonyl (C=O) groups is 1. The second kappa shape index (κ2) is 6.85. The van der Waals surface area contributed by atoms with Gasteiger partial charge in [0, 0.05) is 29.4 Å². The Morgan fingerprint density at radius 1 is 1.15 bits per heavy atom. The first-order valence-electron chi connectivity index (χ1n) is 8.34. The summed E-state index contributed by atoms with van der Waals surface area (Å²) in [5.41, 5.74) is 3.46. The van der Waals surface area contributed by atoms with Crippen molar-refractivity contribution in [1.29, 1.82) is 0 Å². The number of halogens is 1. The predicted molar refractivity (Wildman–Crippen MR) is 100 cm³/mol. The fourth-order valence-electron chi connectivity index (χ4n) is 3.04. The van der Waals surface area contributed by atoms with Crippen molar-refractivity contribution in [3.63, 3.8) is 0 Å². The molecule has 2 aromatic carbocycles. The number of allylic oxidation sites excluding steroid dienone is 4. The van der Waals surface area contributed by atoms with Crippen LogP contribution in [0.25, 0.3) is 22.1 Å². The molecule has 2 nitrogen and oxygen atoms in total. The summed E-state index contributed by atoms with van der Waals surface area (Å²) in [5, 5.41) is 0.922. The average Bonchev–Trinajstić information content (AvgIpc) is 2.86. The smallest absolute Gasteiger partial charge is 0.150 e. The lowest BCUT2D eigenvalue weighted by atomic mass is 10.0. The molecule has 0 unspecified atom stereocenters. The Morgan fingerprint density at radius 2 is 2.08 bits per heavy atom. The second-order valence-corrected chi connectivity index (χ2v) is 6.14. The lowest BCUT2D eigenvalue weighted by Crippen LogP contribution is -1.87. The van der Waals surface area contributed by atoms with Crippen molar-refractivity contribution in [2.24, 2.45) is 0 Å². The molecular weight excluding hydrogens is 327 g/mol. The van der Waals surface area contributed by atoms with Gasteiger partial charge in [-0.15, -0.1) is 0 Å². The lowest BCUT2D eigenvalue weighted by Gasteiger charge is -2.04. The summed E-state index contributed by atoms with van der Waals surface area (Å²) in [6.07, 6.45) is 8.02. The minimum Gasteiger partial charge on any atom is -0.461 e. The fraction of sp³-hybridized carbons (Fsp3) is 0.0870. The van der Waals surface area contributed by atoms with Crippen LogP contribution in [0.3, 0.4) is 0 Å². The van der Waals surface area contributed by atoms with E-state index < -0.39 is 5.82 Å². The quantitative estimate of drug-likeness (QED) is 0.464. The number of hydrogen-bond acceptors (Lipinski definition) is 2. The van der Waals surface area contributed by atoms with Gasteiger partial charge in [0.2, 0.25) is 0 Å². The van der Waals surface area contributed by atoms with Crippen LogP contribution in [-0.4, -0.2) is 6.29 Å². The molecule has 0 N–H and O–H groups in total. The zero-order valence-electron chi connectivity index (χ0n) is 14.0. The largest absolute Gasteiger partial charge is 0.461 e. The van der Waals surface area contributed by atoms with E-state index in [2.05, 4.69) is 17.9 Å². The van der Waals surface area contributed by atoms with Crippen LogP contribution in [0.15, 0.2) is 70.7 Å². The maximum absolute atomic E-state index is 14.3. The monoisotopic (exact) mass is 342 g/mol. The highest BCUT2D eigenvalue weighted by molar-refractivity contribution is 5.85. The molecule has 0 atom stereocenters. The minimum absolute atomic E-state index is 0.326. The van der Waals surface area contributed by atoms with E-state index in [1.807, 2.05) is 36.4 Å². The van der Waals surface area contributed by atoms with Crippen LogP contribution in [-0.2, 0) is 6.42 Å². The molecule has 1 aliphatic carbocycles. The first-order chi connectivity index (χ1) is 12.7. The average molecular weight is 342 g/mol. The standard InChI is InChI=1S/C23H15FO2/c24-22-12-17(15-25)7-9-21(22)18-8-10-23-19(13-18)14-20(26-23)11-16-5-3-1-2-4-6-16/h3,5-10,12-15H,4,11H2. The summed E-state index contributed by atoms with van der Waals surface area (Å²) < 4.78 is 20.2. The van der Waals surface area contributed by atoms with Crippen LogP contribution in [0.1, 0.15) is 22.5 Å². The summed E-state index contributed by atoms with van der Waals surface area (Å²) in [4.78, 5) is 10.8. The van der Waals surface area contributed by atoms with Gasteiger partial charge >= 0.3 is 0 Å². The van der Waals surface area contributed by atoms with Gasteiger partial charge in [-0.3, -0.25) is 4.79 Å². The number of furan rings is 1. The molecule has 0 spiro atoms. The molecule has 0 fully saturated rings. The van der Waals surface area contributed by atoms with Crippen LogP contribution < -0.4 is 0 Å². The molecule has 0 saturated heterocycles. The van der Waals surface area contributed by atoms with Gasteiger partial charge in [-0.05, 0) is 41.5 Å². The second-order valence-electron chi connectivity index (χ2n) is 6.14. The Bertz CT molecular complexity index is 1120. The summed E-state index contributed by atoms with van der Waals surface area (Å²) >= 11 is 0. The normalized spacial score (nSPS) is 13.0. The van der Waals surface area contributed by atoms with E-state index in [-0.39, 0.29) is 0 Å². The van der Waals surface area contributed by atoms with E-state index in [0.29, 0.717) is 23.8 Å². The third-order valence-corrected chi connectivity index (χ3v) is 4.34. The van der Waals surface area contributed by atoms with Crippen molar-refractivity contribution in [2.75, 3.05) is 0 Å². The summed E-state index contributed by atoms with van der Waals surface area (Å²) in [5.74, 6) is 6.43. The molecule has 126 valence electrons. The summed E-state index contributed by atoms with van der Waals surface area (Å²) in [7, 11) is 0. The topological polar surface area (TPSA) is 30.2 Å². The van der Waals surface area contributed by atoms with Gasteiger partial charge in [0.1, 0.15) is 23.4 Å². The molecule has 26 heavy (non-hydrogen) atoms. The summed E-state index contributed by atoms with van der Waals surface area (Å²) in [6, 6.07) is 12.1. The zero-order valence-corrected chi connectivity index (χ0v) is 14.0. The van der Waals surface area contributed by atoms with Crippen molar-refractivity contribution in [3.05, 3.63) is 83.4 Å². The number of hydrogen-bond donors (Lipinski definition) is 0. The molecule has 0 radical (unpaired) electrons. The Hall–Kier alpha value is -3.38. The molecule has 3 heteroatoms. The Kier molecular flexibility index (Phi) is 4.25. The van der Waals surface area contributed by atoms with Crippen LogP contribution in [0.5, 0.6) is 0 Å². The van der Waals surface area contributed by atoms with Gasteiger partial charge in [0.15, 0.2) is 0 Å². The van der Waals surface area contributed by atoms with E-state index in [4.69, 9.17) is 4.42 Å². The molecule has 4 rings (SSSR count). The molecule has 1 aliphatic rings. The number of benzene rings is 2. The molecule has 1 heterocycles. The lowest BCUT2D eigenvalue weighted by molar-refractivity contribution is 0.112. The van der Waals surface area contributed by atoms with E-state index >= 15 is 0 Å². The Labute approximate surface area is 150 Å². The van der Waals surface area contributed by atoms with Gasteiger partial charge in [0.05, 0.1) is 0 Å². The van der Waals surface area contributed by atoms with Crippen molar-refractivity contribution in [1.82, 2.24) is 0 Å². The van der Waals surface area contributed by atoms with E-state index in [0.717, 1.165) is 34.3 Å². The molecule has 3 aromatic rings. The minimum atomic E-state index is -0.411. The number of aldehydes is 1. The molecule has 1 aromatic heterocycles. The van der Waals surface area contributed by atoms with Crippen molar-refractivity contribution in [3.8, 4) is 23.0 Å². The van der Waals surface area contributed by atoms with Crippen LogP contribution in [0.2, 0.25) is 0 Å². The van der Waals surface area contributed by atoms with Crippen LogP contribution in [0.4, 0.5) is 4.39 Å². The van der Waals surface area contributed by atoms with Crippen molar-refractivity contribution >= 4 is 17.3 Å². The van der Waals surface area contributed by atoms with Gasteiger partial charge in [0.25, 0.3) is 0 Å². The predicted octanol–water partition coefficient (Wildman–Crippen LogP) is 5.48.